The number of nitrogens with one attached hydrogen (secondary N) is 1. The molecule has 1 unspecified atom stereocenters. The van der Waals surface area contributed by atoms with E-state index < -0.39 is 0 Å². The van der Waals surface area contributed by atoms with Gasteiger partial charge in [-0.3, -0.25) is 16.3 Å². The molecule has 0 amide bonds. The molecular weight excluding hydrogens is 226 g/mol. The molecule has 1 aliphatic carbocycles. The van der Waals surface area contributed by atoms with Crippen LogP contribution < -0.4 is 11.3 Å². The van der Waals surface area contributed by atoms with Gasteiger partial charge < -0.3 is 4.74 Å². The van der Waals surface area contributed by atoms with Crippen LogP contribution in [0.2, 0.25) is 0 Å². The Morgan fingerprint density at radius 2 is 2.28 bits per heavy atom. The lowest BCUT2D eigenvalue weighted by Gasteiger charge is -2.37. The summed E-state index contributed by atoms with van der Waals surface area (Å²) in [5.41, 5.74) is 4.07. The molecule has 0 aliphatic heterocycles. The number of pyridine rings is 1. The van der Waals surface area contributed by atoms with Crippen LogP contribution in [0.3, 0.4) is 0 Å². The van der Waals surface area contributed by atoms with E-state index in [1.165, 1.54) is 18.4 Å². The number of nitrogens with two attached hydrogens (primary N) is 1. The van der Waals surface area contributed by atoms with Crippen molar-refractivity contribution < 1.29 is 4.74 Å². The Balaban J connectivity index is 2.11. The Kier molecular flexibility index (Phi) is 4.69. The van der Waals surface area contributed by atoms with Gasteiger partial charge in [0.25, 0.3) is 0 Å². The molecule has 4 heteroatoms. The lowest BCUT2D eigenvalue weighted by Crippen LogP contribution is -2.54. The number of ether oxygens (including phenoxy) is 1. The Morgan fingerprint density at radius 1 is 1.50 bits per heavy atom. The van der Waals surface area contributed by atoms with Crippen molar-refractivity contribution in [3.63, 3.8) is 0 Å². The third-order valence-corrected chi connectivity index (χ3v) is 3.88. The fraction of sp³-hybridized carbons (Fsp3) is 0.643. The van der Waals surface area contributed by atoms with Crippen LogP contribution in [0.15, 0.2) is 24.5 Å². The predicted octanol–water partition coefficient (Wildman–Crippen LogP) is 1.81. The second kappa shape index (κ2) is 6.27. The van der Waals surface area contributed by atoms with Crippen molar-refractivity contribution in [3.05, 3.63) is 30.1 Å². The van der Waals surface area contributed by atoms with Crippen LogP contribution in [-0.4, -0.2) is 23.2 Å². The number of hydrazine groups is 1. The van der Waals surface area contributed by atoms with Crippen molar-refractivity contribution >= 4 is 0 Å². The van der Waals surface area contributed by atoms with Crippen molar-refractivity contribution in [2.24, 2.45) is 5.84 Å². The molecule has 3 N–H and O–H groups in total. The number of aromatic nitrogens is 1. The van der Waals surface area contributed by atoms with Gasteiger partial charge in [0.1, 0.15) is 0 Å². The SMILES string of the molecule is CCOC1(C(Cc2cccnc2)NN)CCCC1. The minimum Gasteiger partial charge on any atom is -0.374 e. The van der Waals surface area contributed by atoms with Gasteiger partial charge in [-0.05, 0) is 37.8 Å². The van der Waals surface area contributed by atoms with Crippen LogP contribution >= 0.6 is 0 Å². The Labute approximate surface area is 109 Å². The van der Waals surface area contributed by atoms with Crippen molar-refractivity contribution in [1.82, 2.24) is 10.4 Å². The molecule has 4 nitrogen and oxygen atoms in total. The van der Waals surface area contributed by atoms with Gasteiger partial charge in [0, 0.05) is 19.0 Å². The third kappa shape index (κ3) is 2.88. The summed E-state index contributed by atoms with van der Waals surface area (Å²) in [5, 5.41) is 0. The smallest absolute Gasteiger partial charge is 0.0851 e. The van der Waals surface area contributed by atoms with Crippen molar-refractivity contribution in [2.45, 2.75) is 50.7 Å². The van der Waals surface area contributed by atoms with Crippen molar-refractivity contribution in [3.8, 4) is 0 Å². The molecule has 0 radical (unpaired) electrons. The standard InChI is InChI=1S/C14H23N3O/c1-2-18-14(7-3-4-8-14)13(17-15)10-12-6-5-9-16-11-12/h5-6,9,11,13,17H,2-4,7-8,10,15H2,1H3. The molecule has 18 heavy (non-hydrogen) atoms. The summed E-state index contributed by atoms with van der Waals surface area (Å²) in [5.74, 6) is 5.77. The molecule has 1 aliphatic rings. The van der Waals surface area contributed by atoms with Crippen LogP contribution in [-0.2, 0) is 11.2 Å². The topological polar surface area (TPSA) is 60.2 Å². The number of hydrogen-bond acceptors (Lipinski definition) is 4. The molecule has 2 rings (SSSR count). The minimum atomic E-state index is -0.0979. The lowest BCUT2D eigenvalue weighted by molar-refractivity contribution is -0.0613. The van der Waals surface area contributed by atoms with Gasteiger partial charge in [0.15, 0.2) is 0 Å². The maximum atomic E-state index is 6.05. The first-order valence-electron chi connectivity index (χ1n) is 6.80. The van der Waals surface area contributed by atoms with Crippen molar-refractivity contribution in [1.29, 1.82) is 0 Å². The summed E-state index contributed by atoms with van der Waals surface area (Å²) >= 11 is 0. The maximum Gasteiger partial charge on any atom is 0.0851 e. The summed E-state index contributed by atoms with van der Waals surface area (Å²) in [6, 6.07) is 4.21. The summed E-state index contributed by atoms with van der Waals surface area (Å²) in [6.07, 6.45) is 9.20. The zero-order chi connectivity index (χ0) is 12.8. The number of rotatable bonds is 6. The largest absolute Gasteiger partial charge is 0.374 e. The summed E-state index contributed by atoms with van der Waals surface area (Å²) in [6.45, 7) is 2.79. The highest BCUT2D eigenvalue weighted by Crippen LogP contribution is 2.37. The van der Waals surface area contributed by atoms with Gasteiger partial charge >= 0.3 is 0 Å². The molecule has 0 aromatic carbocycles. The monoisotopic (exact) mass is 249 g/mol. The quantitative estimate of drug-likeness (QED) is 0.596. The molecule has 1 fully saturated rings. The minimum absolute atomic E-state index is 0.0979. The lowest BCUT2D eigenvalue weighted by atomic mass is 9.88. The van der Waals surface area contributed by atoms with Crippen LogP contribution in [0.5, 0.6) is 0 Å². The van der Waals surface area contributed by atoms with E-state index in [0.29, 0.717) is 0 Å². The van der Waals surface area contributed by atoms with Gasteiger partial charge in [-0.15, -0.1) is 0 Å². The van der Waals surface area contributed by atoms with E-state index in [4.69, 9.17) is 10.6 Å². The zero-order valence-corrected chi connectivity index (χ0v) is 11.1. The molecule has 0 spiro atoms. The second-order valence-electron chi connectivity index (χ2n) is 4.99. The predicted molar refractivity (Wildman–Crippen MR) is 71.9 cm³/mol. The Morgan fingerprint density at radius 3 is 2.83 bits per heavy atom. The van der Waals surface area contributed by atoms with E-state index in [-0.39, 0.29) is 11.6 Å². The normalized spacial score (nSPS) is 19.9. The maximum absolute atomic E-state index is 6.05. The van der Waals surface area contributed by atoms with E-state index in [1.54, 1.807) is 6.20 Å². The molecule has 0 saturated heterocycles. The molecule has 1 atom stereocenters. The molecule has 1 saturated carbocycles. The summed E-state index contributed by atoms with van der Waals surface area (Å²) in [4.78, 5) is 4.16. The first-order chi connectivity index (χ1) is 8.80. The average Bonchev–Trinajstić information content (AvgIpc) is 2.87. The first kappa shape index (κ1) is 13.5. The molecule has 1 aromatic rings. The second-order valence-corrected chi connectivity index (χ2v) is 4.99. The van der Waals surface area contributed by atoms with Crippen LogP contribution in [0.1, 0.15) is 38.2 Å². The Hall–Kier alpha value is -0.970. The fourth-order valence-electron chi connectivity index (χ4n) is 3.01. The van der Waals surface area contributed by atoms with E-state index in [1.807, 2.05) is 12.3 Å². The molecule has 1 heterocycles. The molecular formula is C14H23N3O. The zero-order valence-electron chi connectivity index (χ0n) is 11.1. The van der Waals surface area contributed by atoms with Crippen molar-refractivity contribution in [2.75, 3.05) is 6.61 Å². The first-order valence-corrected chi connectivity index (χ1v) is 6.80. The highest BCUT2D eigenvalue weighted by molar-refractivity contribution is 5.13. The van der Waals surface area contributed by atoms with E-state index in [9.17, 15) is 0 Å². The van der Waals surface area contributed by atoms with Gasteiger partial charge in [0.2, 0.25) is 0 Å². The van der Waals surface area contributed by atoms with E-state index in [0.717, 1.165) is 25.9 Å². The van der Waals surface area contributed by atoms with Gasteiger partial charge in [-0.1, -0.05) is 18.9 Å². The average molecular weight is 249 g/mol. The number of hydrogen-bond donors (Lipinski definition) is 2. The molecule has 100 valence electrons. The highest BCUT2D eigenvalue weighted by Gasteiger charge is 2.41. The van der Waals surface area contributed by atoms with Gasteiger partial charge in [0.05, 0.1) is 11.6 Å². The van der Waals surface area contributed by atoms with E-state index in [2.05, 4.69) is 23.4 Å². The summed E-state index contributed by atoms with van der Waals surface area (Å²) in [7, 11) is 0. The highest BCUT2D eigenvalue weighted by atomic mass is 16.5. The third-order valence-electron chi connectivity index (χ3n) is 3.88. The van der Waals surface area contributed by atoms with Crippen LogP contribution in [0.25, 0.3) is 0 Å². The molecule has 1 aromatic heterocycles. The van der Waals surface area contributed by atoms with E-state index >= 15 is 0 Å². The van der Waals surface area contributed by atoms with Crippen LogP contribution in [0, 0.1) is 0 Å². The fourth-order valence-corrected chi connectivity index (χ4v) is 3.01. The van der Waals surface area contributed by atoms with Gasteiger partial charge in [-0.25, -0.2) is 0 Å². The van der Waals surface area contributed by atoms with Crippen LogP contribution in [0.4, 0.5) is 0 Å². The van der Waals surface area contributed by atoms with Gasteiger partial charge in [-0.2, -0.15) is 0 Å². The Bertz CT molecular complexity index is 349. The molecule has 0 bridgehead atoms. The number of nitrogens with zero attached hydrogens (tertiary/aromatic N) is 1. The summed E-state index contributed by atoms with van der Waals surface area (Å²) < 4.78 is 6.05.